The molecule has 3 heteroatoms. The van der Waals surface area contributed by atoms with Crippen LogP contribution in [-0.2, 0) is 0 Å². The fraction of sp³-hybridized carbons (Fsp3) is 0.200. The summed E-state index contributed by atoms with van der Waals surface area (Å²) in [6.07, 6.45) is 0. The van der Waals surface area contributed by atoms with Gasteiger partial charge in [-0.3, -0.25) is 0 Å². The van der Waals surface area contributed by atoms with Crippen molar-refractivity contribution in [3.63, 3.8) is 0 Å². The van der Waals surface area contributed by atoms with E-state index in [1.807, 2.05) is 13.1 Å². The average molecular weight is 192 g/mol. The van der Waals surface area contributed by atoms with E-state index in [1.165, 1.54) is 9.47 Å². The standard InChI is InChI=1S/C5H6BrNS/c1-7-4-2-5(6)8-3-4/h2-3,7H,1H3. The highest BCUT2D eigenvalue weighted by molar-refractivity contribution is 9.11. The Hall–Kier alpha value is -0.0200. The molecule has 0 aliphatic carbocycles. The van der Waals surface area contributed by atoms with E-state index in [0.29, 0.717) is 0 Å². The Balaban J connectivity index is 2.84. The summed E-state index contributed by atoms with van der Waals surface area (Å²) in [4.78, 5) is 0. The van der Waals surface area contributed by atoms with Crippen LogP contribution >= 0.6 is 27.3 Å². The molecule has 1 heterocycles. The van der Waals surface area contributed by atoms with Crippen LogP contribution in [0.3, 0.4) is 0 Å². The van der Waals surface area contributed by atoms with E-state index in [0.717, 1.165) is 0 Å². The smallest absolute Gasteiger partial charge is 0.0719 e. The maximum absolute atomic E-state index is 3.35. The van der Waals surface area contributed by atoms with Gasteiger partial charge in [-0.2, -0.15) is 0 Å². The summed E-state index contributed by atoms with van der Waals surface area (Å²) in [6.45, 7) is 0. The highest BCUT2D eigenvalue weighted by Gasteiger charge is 1.90. The maximum atomic E-state index is 3.35. The van der Waals surface area contributed by atoms with Crippen LogP contribution in [0.2, 0.25) is 0 Å². The van der Waals surface area contributed by atoms with E-state index in [2.05, 4.69) is 26.6 Å². The van der Waals surface area contributed by atoms with Crippen LogP contribution in [0.4, 0.5) is 5.69 Å². The number of thiophene rings is 1. The van der Waals surface area contributed by atoms with Crippen molar-refractivity contribution in [1.82, 2.24) is 0 Å². The predicted octanol–water partition coefficient (Wildman–Crippen LogP) is 2.55. The summed E-state index contributed by atoms with van der Waals surface area (Å²) in [5.41, 5.74) is 1.17. The number of hydrogen-bond donors (Lipinski definition) is 1. The first kappa shape index (κ1) is 6.11. The van der Waals surface area contributed by atoms with Gasteiger partial charge in [-0.15, -0.1) is 11.3 Å². The second-order valence-corrected chi connectivity index (χ2v) is 3.68. The van der Waals surface area contributed by atoms with Gasteiger partial charge in [-0.1, -0.05) is 0 Å². The first-order chi connectivity index (χ1) is 3.83. The molecule has 1 N–H and O–H groups in total. The van der Waals surface area contributed by atoms with Crippen molar-refractivity contribution in [2.75, 3.05) is 12.4 Å². The minimum atomic E-state index is 1.17. The zero-order valence-corrected chi connectivity index (χ0v) is 6.84. The van der Waals surface area contributed by atoms with Gasteiger partial charge in [0.05, 0.1) is 3.79 Å². The van der Waals surface area contributed by atoms with Gasteiger partial charge in [0.2, 0.25) is 0 Å². The Morgan fingerprint density at radius 2 is 2.50 bits per heavy atom. The average Bonchev–Trinajstić information content (AvgIpc) is 2.14. The van der Waals surface area contributed by atoms with Crippen LogP contribution < -0.4 is 5.32 Å². The molecule has 0 radical (unpaired) electrons. The number of anilines is 1. The van der Waals surface area contributed by atoms with Gasteiger partial charge in [-0.25, -0.2) is 0 Å². The van der Waals surface area contributed by atoms with E-state index < -0.39 is 0 Å². The molecule has 0 fully saturated rings. The molecule has 0 aromatic carbocycles. The second-order valence-electron chi connectivity index (χ2n) is 1.39. The van der Waals surface area contributed by atoms with Gasteiger partial charge in [0.1, 0.15) is 0 Å². The molecule has 0 saturated heterocycles. The van der Waals surface area contributed by atoms with E-state index in [-0.39, 0.29) is 0 Å². The third-order valence-corrected chi connectivity index (χ3v) is 2.36. The summed E-state index contributed by atoms with van der Waals surface area (Å²) < 4.78 is 1.17. The van der Waals surface area contributed by atoms with Crippen LogP contribution in [0.5, 0.6) is 0 Å². The molecule has 0 spiro atoms. The van der Waals surface area contributed by atoms with Crippen LogP contribution in [0, 0.1) is 0 Å². The molecule has 0 saturated carbocycles. The van der Waals surface area contributed by atoms with Crippen LogP contribution in [-0.4, -0.2) is 7.05 Å². The van der Waals surface area contributed by atoms with Crippen molar-refractivity contribution in [1.29, 1.82) is 0 Å². The van der Waals surface area contributed by atoms with E-state index in [1.54, 1.807) is 11.3 Å². The number of hydrogen-bond acceptors (Lipinski definition) is 2. The summed E-state index contributed by atoms with van der Waals surface area (Å²) in [5.74, 6) is 0. The molecule has 0 amide bonds. The largest absolute Gasteiger partial charge is 0.387 e. The lowest BCUT2D eigenvalue weighted by Gasteiger charge is -1.86. The molecule has 1 aromatic rings. The Labute approximate surface area is 60.9 Å². The SMILES string of the molecule is CNc1csc(Br)c1. The minimum Gasteiger partial charge on any atom is -0.387 e. The first-order valence-electron chi connectivity index (χ1n) is 2.24. The van der Waals surface area contributed by atoms with Crippen molar-refractivity contribution in [2.24, 2.45) is 0 Å². The minimum absolute atomic E-state index is 1.17. The third kappa shape index (κ3) is 1.23. The molecular weight excluding hydrogens is 186 g/mol. The zero-order chi connectivity index (χ0) is 5.98. The lowest BCUT2D eigenvalue weighted by Crippen LogP contribution is -1.81. The lowest BCUT2D eigenvalue weighted by molar-refractivity contribution is 1.56. The normalized spacial score (nSPS) is 9.25. The Morgan fingerprint density at radius 1 is 1.75 bits per heavy atom. The van der Waals surface area contributed by atoms with Gasteiger partial charge >= 0.3 is 0 Å². The molecule has 0 unspecified atom stereocenters. The third-order valence-electron chi connectivity index (χ3n) is 0.856. The van der Waals surface area contributed by atoms with Crippen LogP contribution in [0.25, 0.3) is 0 Å². The highest BCUT2D eigenvalue weighted by atomic mass is 79.9. The van der Waals surface area contributed by atoms with Gasteiger partial charge in [0, 0.05) is 18.1 Å². The van der Waals surface area contributed by atoms with E-state index in [9.17, 15) is 0 Å². The maximum Gasteiger partial charge on any atom is 0.0719 e. The van der Waals surface area contributed by atoms with Gasteiger partial charge < -0.3 is 5.32 Å². The quantitative estimate of drug-likeness (QED) is 0.720. The first-order valence-corrected chi connectivity index (χ1v) is 3.92. The monoisotopic (exact) mass is 191 g/mol. The number of rotatable bonds is 1. The lowest BCUT2D eigenvalue weighted by atomic mass is 10.5. The van der Waals surface area contributed by atoms with Gasteiger partial charge in [0.25, 0.3) is 0 Å². The Kier molecular flexibility index (Phi) is 1.91. The predicted molar refractivity (Wildman–Crippen MR) is 41.6 cm³/mol. The summed E-state index contributed by atoms with van der Waals surface area (Å²) >= 11 is 5.03. The van der Waals surface area contributed by atoms with Crippen molar-refractivity contribution >= 4 is 33.0 Å². The van der Waals surface area contributed by atoms with Crippen LogP contribution in [0.1, 0.15) is 0 Å². The second kappa shape index (κ2) is 2.51. The van der Waals surface area contributed by atoms with Crippen LogP contribution in [0.15, 0.2) is 15.2 Å². The van der Waals surface area contributed by atoms with Crippen molar-refractivity contribution < 1.29 is 0 Å². The summed E-state index contributed by atoms with van der Waals surface area (Å²) in [6, 6.07) is 2.05. The molecule has 1 rings (SSSR count). The van der Waals surface area contributed by atoms with Crippen molar-refractivity contribution in [3.8, 4) is 0 Å². The van der Waals surface area contributed by atoms with Gasteiger partial charge in [0.15, 0.2) is 0 Å². The Bertz CT molecular complexity index is 173. The number of halogens is 1. The summed E-state index contributed by atoms with van der Waals surface area (Å²) in [7, 11) is 1.91. The van der Waals surface area contributed by atoms with Crippen molar-refractivity contribution in [2.45, 2.75) is 0 Å². The molecular formula is C5H6BrNS. The van der Waals surface area contributed by atoms with Gasteiger partial charge in [-0.05, 0) is 22.0 Å². The molecule has 0 bridgehead atoms. The fourth-order valence-electron chi connectivity index (χ4n) is 0.441. The molecule has 1 aromatic heterocycles. The number of nitrogens with one attached hydrogen (secondary N) is 1. The topological polar surface area (TPSA) is 12.0 Å². The molecule has 0 aliphatic heterocycles. The fourth-order valence-corrected chi connectivity index (χ4v) is 1.59. The van der Waals surface area contributed by atoms with E-state index >= 15 is 0 Å². The molecule has 0 aliphatic rings. The molecule has 44 valence electrons. The zero-order valence-electron chi connectivity index (χ0n) is 4.44. The summed E-state index contributed by atoms with van der Waals surface area (Å²) in [5, 5.41) is 5.09. The van der Waals surface area contributed by atoms with E-state index in [4.69, 9.17) is 0 Å². The molecule has 0 atom stereocenters. The van der Waals surface area contributed by atoms with Crippen molar-refractivity contribution in [3.05, 3.63) is 15.2 Å². The highest BCUT2D eigenvalue weighted by Crippen LogP contribution is 2.23. The molecule has 8 heavy (non-hydrogen) atoms. The molecule has 1 nitrogen and oxygen atoms in total. The Morgan fingerprint density at radius 3 is 2.75 bits per heavy atom.